The molecule has 0 aromatic heterocycles. The minimum atomic E-state index is -3.77. The Bertz CT molecular complexity index is 1100. The summed E-state index contributed by atoms with van der Waals surface area (Å²) in [4.78, 5) is 25.9. The normalized spacial score (nSPS) is 18.6. The molecule has 0 atom stereocenters. The van der Waals surface area contributed by atoms with E-state index in [0.717, 1.165) is 25.7 Å². The summed E-state index contributed by atoms with van der Waals surface area (Å²) in [6, 6.07) is 13.4. The fourth-order valence-electron chi connectivity index (χ4n) is 4.73. The summed E-state index contributed by atoms with van der Waals surface area (Å²) in [7, 11) is -3.77. The standard InChI is InChI=1S/C24H29N3O5S/c28-24(19-8-4-3-5-9-19)20-12-16-25(17-13-20)22-11-10-21(18-23(22)27(29)30)33(31,32)26-14-6-1-2-7-15-26/h3-5,8-11,18,20H,1-2,6-7,12-17H2. The summed E-state index contributed by atoms with van der Waals surface area (Å²) >= 11 is 0. The number of hydrogen-bond acceptors (Lipinski definition) is 6. The van der Waals surface area contributed by atoms with Crippen LogP contribution in [-0.4, -0.2) is 49.6 Å². The second-order valence-corrected chi connectivity index (χ2v) is 10.7. The van der Waals surface area contributed by atoms with Gasteiger partial charge in [-0.05, 0) is 37.8 Å². The van der Waals surface area contributed by atoms with Gasteiger partial charge in [-0.2, -0.15) is 4.31 Å². The third-order valence-electron chi connectivity index (χ3n) is 6.61. The van der Waals surface area contributed by atoms with Crippen molar-refractivity contribution < 1.29 is 18.1 Å². The number of rotatable bonds is 6. The Balaban J connectivity index is 1.52. The van der Waals surface area contributed by atoms with Crippen molar-refractivity contribution in [2.24, 2.45) is 5.92 Å². The van der Waals surface area contributed by atoms with Crippen molar-refractivity contribution in [3.63, 3.8) is 0 Å². The van der Waals surface area contributed by atoms with E-state index in [1.165, 1.54) is 16.4 Å². The van der Waals surface area contributed by atoms with Crippen LogP contribution in [0, 0.1) is 16.0 Å². The third-order valence-corrected chi connectivity index (χ3v) is 8.51. The highest BCUT2D eigenvalue weighted by molar-refractivity contribution is 7.89. The highest BCUT2D eigenvalue weighted by Crippen LogP contribution is 2.35. The highest BCUT2D eigenvalue weighted by Gasteiger charge is 2.32. The van der Waals surface area contributed by atoms with Gasteiger partial charge in [0, 0.05) is 43.7 Å². The van der Waals surface area contributed by atoms with Crippen molar-refractivity contribution in [2.45, 2.75) is 43.4 Å². The van der Waals surface area contributed by atoms with Gasteiger partial charge < -0.3 is 4.90 Å². The molecule has 2 aromatic carbocycles. The van der Waals surface area contributed by atoms with Gasteiger partial charge in [0.15, 0.2) is 5.78 Å². The zero-order valence-electron chi connectivity index (χ0n) is 18.6. The first-order valence-electron chi connectivity index (χ1n) is 11.5. The van der Waals surface area contributed by atoms with Crippen LogP contribution >= 0.6 is 0 Å². The topological polar surface area (TPSA) is 101 Å². The minimum absolute atomic E-state index is 0.0333. The number of piperidine rings is 1. The summed E-state index contributed by atoms with van der Waals surface area (Å²) < 4.78 is 27.7. The van der Waals surface area contributed by atoms with E-state index in [-0.39, 0.29) is 22.3 Å². The SMILES string of the molecule is O=C(c1ccccc1)C1CCN(c2ccc(S(=O)(=O)N3CCCCCC3)cc2[N+](=O)[O-])CC1. The van der Waals surface area contributed by atoms with Crippen molar-refractivity contribution in [1.82, 2.24) is 4.31 Å². The molecule has 4 rings (SSSR count). The average molecular weight is 472 g/mol. The summed E-state index contributed by atoms with van der Waals surface area (Å²) in [6.07, 6.45) is 4.78. The van der Waals surface area contributed by atoms with Gasteiger partial charge in [0.1, 0.15) is 5.69 Å². The number of ketones is 1. The number of carbonyl (C=O) groups is 1. The second kappa shape index (κ2) is 10.0. The van der Waals surface area contributed by atoms with Gasteiger partial charge in [-0.15, -0.1) is 0 Å². The fourth-order valence-corrected chi connectivity index (χ4v) is 6.27. The number of benzene rings is 2. The molecule has 2 saturated heterocycles. The zero-order chi connectivity index (χ0) is 23.4. The van der Waals surface area contributed by atoms with Gasteiger partial charge in [-0.1, -0.05) is 43.2 Å². The first-order chi connectivity index (χ1) is 15.9. The van der Waals surface area contributed by atoms with Crippen LogP contribution in [0.25, 0.3) is 0 Å². The number of carbonyl (C=O) groups excluding carboxylic acids is 1. The van der Waals surface area contributed by atoms with Crippen molar-refractivity contribution >= 4 is 27.2 Å². The van der Waals surface area contributed by atoms with Gasteiger partial charge in [-0.25, -0.2) is 8.42 Å². The monoisotopic (exact) mass is 471 g/mol. The van der Waals surface area contributed by atoms with Crippen LogP contribution in [0.15, 0.2) is 53.4 Å². The molecule has 2 aromatic rings. The van der Waals surface area contributed by atoms with Crippen molar-refractivity contribution in [1.29, 1.82) is 0 Å². The zero-order valence-corrected chi connectivity index (χ0v) is 19.4. The molecule has 2 aliphatic heterocycles. The Morgan fingerprint density at radius 3 is 2.15 bits per heavy atom. The maximum absolute atomic E-state index is 13.1. The van der Waals surface area contributed by atoms with Gasteiger partial charge >= 0.3 is 0 Å². The lowest BCUT2D eigenvalue weighted by Crippen LogP contribution is -2.37. The Kier molecular flexibility index (Phi) is 7.09. The van der Waals surface area contributed by atoms with E-state index in [2.05, 4.69) is 0 Å². The maximum Gasteiger partial charge on any atom is 0.293 e. The van der Waals surface area contributed by atoms with E-state index < -0.39 is 14.9 Å². The van der Waals surface area contributed by atoms with Gasteiger partial charge in [0.25, 0.3) is 5.69 Å². The predicted octanol–water partition coefficient (Wildman–Crippen LogP) is 4.26. The number of sulfonamides is 1. The van der Waals surface area contributed by atoms with Crippen molar-refractivity contribution in [3.8, 4) is 0 Å². The molecule has 0 saturated carbocycles. The molecule has 9 heteroatoms. The fraction of sp³-hybridized carbons (Fsp3) is 0.458. The third kappa shape index (κ3) is 5.09. The Labute approximate surface area is 194 Å². The molecule has 2 heterocycles. The second-order valence-electron chi connectivity index (χ2n) is 8.72. The van der Waals surface area contributed by atoms with E-state index in [4.69, 9.17) is 0 Å². The largest absolute Gasteiger partial charge is 0.366 e. The Morgan fingerprint density at radius 1 is 0.909 bits per heavy atom. The van der Waals surface area contributed by atoms with E-state index in [1.807, 2.05) is 35.2 Å². The lowest BCUT2D eigenvalue weighted by atomic mass is 9.88. The minimum Gasteiger partial charge on any atom is -0.366 e. The molecule has 0 unspecified atom stereocenters. The summed E-state index contributed by atoms with van der Waals surface area (Å²) in [5.74, 6) is -0.0194. The molecule has 0 spiro atoms. The van der Waals surface area contributed by atoms with Crippen LogP contribution in [0.1, 0.15) is 48.9 Å². The van der Waals surface area contributed by atoms with Gasteiger partial charge in [-0.3, -0.25) is 14.9 Å². The predicted molar refractivity (Wildman–Crippen MR) is 126 cm³/mol. The van der Waals surface area contributed by atoms with Crippen LogP contribution in [0.4, 0.5) is 11.4 Å². The lowest BCUT2D eigenvalue weighted by molar-refractivity contribution is -0.384. The van der Waals surface area contributed by atoms with Gasteiger partial charge in [0.2, 0.25) is 10.0 Å². The van der Waals surface area contributed by atoms with E-state index in [1.54, 1.807) is 6.07 Å². The number of nitro groups is 1. The first kappa shape index (κ1) is 23.4. The Morgan fingerprint density at radius 2 is 1.55 bits per heavy atom. The lowest BCUT2D eigenvalue weighted by Gasteiger charge is -2.32. The van der Waals surface area contributed by atoms with E-state index in [0.29, 0.717) is 50.3 Å². The number of anilines is 1. The number of hydrogen-bond donors (Lipinski definition) is 0. The summed E-state index contributed by atoms with van der Waals surface area (Å²) in [5.41, 5.74) is 0.879. The summed E-state index contributed by atoms with van der Waals surface area (Å²) in [5, 5.41) is 11.8. The van der Waals surface area contributed by atoms with Crippen LogP contribution in [0.5, 0.6) is 0 Å². The molecule has 176 valence electrons. The smallest absolute Gasteiger partial charge is 0.293 e. The molecule has 0 bridgehead atoms. The summed E-state index contributed by atoms with van der Waals surface area (Å²) in [6.45, 7) is 1.90. The van der Waals surface area contributed by atoms with Crippen LogP contribution in [0.2, 0.25) is 0 Å². The van der Waals surface area contributed by atoms with E-state index in [9.17, 15) is 23.3 Å². The molecule has 0 N–H and O–H groups in total. The molecule has 0 radical (unpaired) electrons. The average Bonchev–Trinajstić information content (AvgIpc) is 3.14. The molecule has 33 heavy (non-hydrogen) atoms. The molecular formula is C24H29N3O5S. The van der Waals surface area contributed by atoms with Crippen molar-refractivity contribution in [3.05, 3.63) is 64.2 Å². The van der Waals surface area contributed by atoms with E-state index >= 15 is 0 Å². The van der Waals surface area contributed by atoms with Crippen molar-refractivity contribution in [2.75, 3.05) is 31.1 Å². The van der Waals surface area contributed by atoms with Crippen LogP contribution in [0.3, 0.4) is 0 Å². The number of nitrogens with zero attached hydrogens (tertiary/aromatic N) is 3. The molecular weight excluding hydrogens is 442 g/mol. The number of nitro benzene ring substituents is 1. The quantitative estimate of drug-likeness (QED) is 0.354. The van der Waals surface area contributed by atoms with Crippen LogP contribution in [-0.2, 0) is 10.0 Å². The molecule has 8 nitrogen and oxygen atoms in total. The highest BCUT2D eigenvalue weighted by atomic mass is 32.2. The molecule has 0 amide bonds. The maximum atomic E-state index is 13.1. The number of Topliss-reactive ketones (excluding diaryl/α,β-unsaturated/α-hetero) is 1. The first-order valence-corrected chi connectivity index (χ1v) is 12.9. The molecule has 2 aliphatic rings. The Hall–Kier alpha value is -2.78. The molecule has 2 fully saturated rings. The molecule has 0 aliphatic carbocycles. The van der Waals surface area contributed by atoms with Crippen LogP contribution < -0.4 is 4.90 Å². The van der Waals surface area contributed by atoms with Gasteiger partial charge in [0.05, 0.1) is 9.82 Å².